The van der Waals surface area contributed by atoms with Gasteiger partial charge in [0.2, 0.25) is 10.0 Å². The predicted octanol–water partition coefficient (Wildman–Crippen LogP) is 2.95. The van der Waals surface area contributed by atoms with Crippen LogP contribution < -0.4 is 5.73 Å². The molecule has 1 aromatic carbocycles. The summed E-state index contributed by atoms with van der Waals surface area (Å²) in [7, 11) is -3.42. The molecule has 5 rings (SSSR count). The minimum Gasteiger partial charge on any atom is -0.383 e. The SMILES string of the molecule is CC1CCc2c(sc3nc(CCN4CCN(S(=O)(=O)c5ccccc5)CC4)nc(N)c23)C1. The largest absolute Gasteiger partial charge is 0.383 e. The van der Waals surface area contributed by atoms with Crippen LogP contribution in [0.4, 0.5) is 5.82 Å². The van der Waals surface area contributed by atoms with Crippen LogP contribution in [0.5, 0.6) is 0 Å². The average Bonchev–Trinajstić information content (AvgIpc) is 3.16. The fourth-order valence-electron chi connectivity index (χ4n) is 4.72. The zero-order chi connectivity index (χ0) is 22.3. The summed E-state index contributed by atoms with van der Waals surface area (Å²) in [6, 6.07) is 8.66. The first-order chi connectivity index (χ1) is 15.4. The molecule has 1 saturated heterocycles. The van der Waals surface area contributed by atoms with Crippen LogP contribution in [0.3, 0.4) is 0 Å². The van der Waals surface area contributed by atoms with Gasteiger partial charge in [0.25, 0.3) is 0 Å². The van der Waals surface area contributed by atoms with Crippen LogP contribution in [0.25, 0.3) is 10.2 Å². The van der Waals surface area contributed by atoms with Crippen LogP contribution in [0.1, 0.15) is 29.6 Å². The number of nitrogens with two attached hydrogens (primary N) is 1. The number of sulfonamides is 1. The van der Waals surface area contributed by atoms with Crippen molar-refractivity contribution < 1.29 is 8.42 Å². The summed E-state index contributed by atoms with van der Waals surface area (Å²) in [6.45, 7) is 5.50. The molecule has 0 bridgehead atoms. The third-order valence-electron chi connectivity index (χ3n) is 6.59. The highest BCUT2D eigenvalue weighted by Crippen LogP contribution is 2.39. The maximum atomic E-state index is 12.8. The van der Waals surface area contributed by atoms with E-state index >= 15 is 0 Å². The number of hydrogen-bond donors (Lipinski definition) is 1. The molecular weight excluding hydrogens is 442 g/mol. The highest BCUT2D eigenvalue weighted by atomic mass is 32.2. The van der Waals surface area contributed by atoms with Crippen molar-refractivity contribution in [2.24, 2.45) is 5.92 Å². The Morgan fingerprint density at radius 2 is 1.88 bits per heavy atom. The van der Waals surface area contributed by atoms with Crippen molar-refractivity contribution in [2.75, 3.05) is 38.5 Å². The Hall–Kier alpha value is -2.07. The smallest absolute Gasteiger partial charge is 0.243 e. The van der Waals surface area contributed by atoms with E-state index in [1.54, 1.807) is 39.9 Å². The van der Waals surface area contributed by atoms with E-state index in [1.165, 1.54) is 16.9 Å². The van der Waals surface area contributed by atoms with Gasteiger partial charge in [0.05, 0.1) is 10.3 Å². The molecule has 170 valence electrons. The van der Waals surface area contributed by atoms with Gasteiger partial charge in [-0.2, -0.15) is 4.31 Å². The summed E-state index contributed by atoms with van der Waals surface area (Å²) in [5.74, 6) is 2.10. The number of nitrogen functional groups attached to an aromatic ring is 1. The Morgan fingerprint density at radius 1 is 1.12 bits per heavy atom. The Bertz CT molecular complexity index is 1220. The number of thiophene rings is 1. The van der Waals surface area contributed by atoms with Gasteiger partial charge in [-0.3, -0.25) is 0 Å². The van der Waals surface area contributed by atoms with Crippen LogP contribution in [0.15, 0.2) is 35.2 Å². The summed E-state index contributed by atoms with van der Waals surface area (Å²) >= 11 is 1.78. The predicted molar refractivity (Wildman–Crippen MR) is 128 cm³/mol. The number of nitrogens with zero attached hydrogens (tertiary/aromatic N) is 4. The Morgan fingerprint density at radius 3 is 2.62 bits per heavy atom. The monoisotopic (exact) mass is 471 g/mol. The van der Waals surface area contributed by atoms with Gasteiger partial charge < -0.3 is 10.6 Å². The molecule has 0 radical (unpaired) electrons. The van der Waals surface area contributed by atoms with E-state index < -0.39 is 10.0 Å². The first-order valence-corrected chi connectivity index (χ1v) is 13.5. The van der Waals surface area contributed by atoms with Crippen molar-refractivity contribution in [3.05, 3.63) is 46.6 Å². The van der Waals surface area contributed by atoms with Crippen LogP contribution in [0, 0.1) is 5.92 Å². The summed E-state index contributed by atoms with van der Waals surface area (Å²) in [5, 5.41) is 1.07. The Kier molecular flexibility index (Phi) is 5.92. The topological polar surface area (TPSA) is 92.4 Å². The third kappa shape index (κ3) is 4.14. The molecule has 1 aliphatic heterocycles. The lowest BCUT2D eigenvalue weighted by Gasteiger charge is -2.33. The van der Waals surface area contributed by atoms with Gasteiger partial charge in [-0.1, -0.05) is 25.1 Å². The molecule has 1 fully saturated rings. The summed E-state index contributed by atoms with van der Waals surface area (Å²) in [5.41, 5.74) is 7.72. The van der Waals surface area contributed by atoms with Crippen molar-refractivity contribution in [1.29, 1.82) is 0 Å². The highest BCUT2D eigenvalue weighted by molar-refractivity contribution is 7.89. The van der Waals surface area contributed by atoms with Gasteiger partial charge in [0.1, 0.15) is 16.5 Å². The number of benzene rings is 1. The van der Waals surface area contributed by atoms with Gasteiger partial charge in [-0.05, 0) is 42.9 Å². The quantitative estimate of drug-likeness (QED) is 0.615. The summed E-state index contributed by atoms with van der Waals surface area (Å²) < 4.78 is 27.2. The molecule has 2 aliphatic rings. The number of aromatic nitrogens is 2. The molecule has 1 aliphatic carbocycles. The van der Waals surface area contributed by atoms with E-state index in [1.807, 2.05) is 6.07 Å². The van der Waals surface area contributed by atoms with Crippen molar-refractivity contribution in [3.63, 3.8) is 0 Å². The van der Waals surface area contributed by atoms with Crippen LogP contribution >= 0.6 is 11.3 Å². The first-order valence-electron chi connectivity index (χ1n) is 11.3. The fourth-order valence-corrected chi connectivity index (χ4v) is 7.57. The maximum Gasteiger partial charge on any atom is 0.243 e. The standard InChI is InChI=1S/C23H29N5O2S2/c1-16-7-8-18-19(15-16)31-23-21(18)22(24)25-20(26-23)9-10-27-11-13-28(14-12-27)32(29,30)17-5-3-2-4-6-17/h2-6,16H,7-15H2,1H3,(H2,24,25,26). The lowest BCUT2D eigenvalue weighted by Crippen LogP contribution is -2.49. The zero-order valence-corrected chi connectivity index (χ0v) is 20.0. The van der Waals surface area contributed by atoms with E-state index in [4.69, 9.17) is 10.7 Å². The first kappa shape index (κ1) is 21.8. The normalized spacial score (nSPS) is 20.5. The van der Waals surface area contributed by atoms with Gasteiger partial charge in [-0.15, -0.1) is 11.3 Å². The molecule has 1 unspecified atom stereocenters. The lowest BCUT2D eigenvalue weighted by atomic mass is 9.89. The fraction of sp³-hybridized carbons (Fsp3) is 0.478. The number of hydrogen-bond acceptors (Lipinski definition) is 7. The maximum absolute atomic E-state index is 12.8. The van der Waals surface area contributed by atoms with Crippen LogP contribution in [-0.4, -0.2) is 60.3 Å². The molecule has 3 heterocycles. The van der Waals surface area contributed by atoms with Gasteiger partial charge in [0.15, 0.2) is 0 Å². The molecule has 7 nitrogen and oxygen atoms in total. The minimum atomic E-state index is -3.42. The van der Waals surface area contributed by atoms with E-state index in [0.717, 1.165) is 35.4 Å². The summed E-state index contributed by atoms with van der Waals surface area (Å²) in [4.78, 5) is 14.5. The van der Waals surface area contributed by atoms with Gasteiger partial charge in [0, 0.05) is 44.0 Å². The number of fused-ring (bicyclic) bond motifs is 3. The highest BCUT2D eigenvalue weighted by Gasteiger charge is 2.28. The van der Waals surface area contributed by atoms with Gasteiger partial charge in [-0.25, -0.2) is 18.4 Å². The molecule has 0 saturated carbocycles. The molecule has 32 heavy (non-hydrogen) atoms. The molecule has 1 atom stereocenters. The second kappa shape index (κ2) is 8.70. The van der Waals surface area contributed by atoms with Crippen molar-refractivity contribution in [3.8, 4) is 0 Å². The average molecular weight is 472 g/mol. The van der Waals surface area contributed by atoms with Crippen LogP contribution in [-0.2, 0) is 29.3 Å². The lowest BCUT2D eigenvalue weighted by molar-refractivity contribution is 0.189. The van der Waals surface area contributed by atoms with Crippen LogP contribution in [0.2, 0.25) is 0 Å². The second-order valence-electron chi connectivity index (χ2n) is 8.87. The molecule has 0 amide bonds. The minimum absolute atomic E-state index is 0.360. The van der Waals surface area contributed by atoms with Crippen molar-refractivity contribution >= 4 is 37.4 Å². The Balaban J connectivity index is 1.22. The van der Waals surface area contributed by atoms with E-state index in [-0.39, 0.29) is 0 Å². The van der Waals surface area contributed by atoms with E-state index in [0.29, 0.717) is 49.2 Å². The van der Waals surface area contributed by atoms with E-state index in [2.05, 4.69) is 16.8 Å². The summed E-state index contributed by atoms with van der Waals surface area (Å²) in [6.07, 6.45) is 4.09. The zero-order valence-electron chi connectivity index (χ0n) is 18.3. The Labute approximate surface area is 193 Å². The number of piperazine rings is 1. The van der Waals surface area contributed by atoms with E-state index in [9.17, 15) is 8.42 Å². The second-order valence-corrected chi connectivity index (χ2v) is 11.9. The number of aryl methyl sites for hydroxylation is 1. The number of anilines is 1. The third-order valence-corrected chi connectivity index (χ3v) is 9.65. The molecule has 3 aromatic rings. The molecule has 0 spiro atoms. The molecule has 9 heteroatoms. The van der Waals surface area contributed by atoms with Crippen molar-refractivity contribution in [1.82, 2.24) is 19.2 Å². The van der Waals surface area contributed by atoms with Gasteiger partial charge >= 0.3 is 0 Å². The molecule has 2 aromatic heterocycles. The molecule has 2 N–H and O–H groups in total. The van der Waals surface area contributed by atoms with Crippen molar-refractivity contribution in [2.45, 2.75) is 37.5 Å². The number of rotatable bonds is 5. The molecular formula is C23H29N5O2S2.